The van der Waals surface area contributed by atoms with Crippen molar-refractivity contribution in [2.24, 2.45) is 0 Å². The number of ether oxygens (including phenoxy) is 1. The number of hydrogen-bond acceptors (Lipinski definition) is 4. The van der Waals surface area contributed by atoms with Gasteiger partial charge in [-0.25, -0.2) is 4.79 Å². The lowest BCUT2D eigenvalue weighted by molar-refractivity contribution is -0.384. The van der Waals surface area contributed by atoms with E-state index in [1.54, 1.807) is 19.9 Å². The van der Waals surface area contributed by atoms with E-state index in [-0.39, 0.29) is 11.3 Å². The van der Waals surface area contributed by atoms with E-state index in [1.807, 2.05) is 0 Å². The Labute approximate surface area is 120 Å². The molecule has 0 aliphatic carbocycles. The molecular weight excluding hydrogens is 274 g/mol. The summed E-state index contributed by atoms with van der Waals surface area (Å²) in [6, 6.07) is 8.85. The zero-order chi connectivity index (χ0) is 15.6. The number of nitro groups is 1. The molecule has 0 aliphatic heterocycles. The second-order valence-corrected chi connectivity index (χ2v) is 4.59. The molecule has 21 heavy (non-hydrogen) atoms. The number of non-ortho nitro benzene ring substituents is 1. The second-order valence-electron chi connectivity index (χ2n) is 4.59. The van der Waals surface area contributed by atoms with Gasteiger partial charge in [0.2, 0.25) is 0 Å². The number of nitro benzene ring substituents is 1. The van der Waals surface area contributed by atoms with E-state index >= 15 is 0 Å². The summed E-state index contributed by atoms with van der Waals surface area (Å²) in [7, 11) is 0. The van der Waals surface area contributed by atoms with Crippen LogP contribution in [0.25, 0.3) is 0 Å². The molecule has 1 N–H and O–H groups in total. The lowest BCUT2D eigenvalue weighted by Gasteiger charge is -2.11. The van der Waals surface area contributed by atoms with Gasteiger partial charge in [-0.1, -0.05) is 0 Å². The molecule has 0 aliphatic rings. The minimum Gasteiger partial charge on any atom is -0.478 e. The van der Waals surface area contributed by atoms with Gasteiger partial charge in [0, 0.05) is 12.1 Å². The molecule has 0 fully saturated rings. The molecule has 2 aromatic rings. The number of nitrogens with zero attached hydrogens (tertiary/aromatic N) is 1. The van der Waals surface area contributed by atoms with Gasteiger partial charge in [0.25, 0.3) is 5.69 Å². The minimum atomic E-state index is -1.00. The molecule has 0 radical (unpaired) electrons. The Hall–Kier alpha value is -2.89. The van der Waals surface area contributed by atoms with Crippen molar-refractivity contribution in [3.63, 3.8) is 0 Å². The Morgan fingerprint density at radius 1 is 1.10 bits per heavy atom. The van der Waals surface area contributed by atoms with Crippen molar-refractivity contribution in [3.05, 3.63) is 63.2 Å². The molecule has 6 heteroatoms. The van der Waals surface area contributed by atoms with Crippen molar-refractivity contribution >= 4 is 11.7 Å². The summed E-state index contributed by atoms with van der Waals surface area (Å²) in [6.45, 7) is 3.45. The molecule has 0 amide bonds. The first kappa shape index (κ1) is 14.5. The van der Waals surface area contributed by atoms with Gasteiger partial charge in [-0.05, 0) is 49.2 Å². The molecule has 2 rings (SSSR count). The molecule has 0 bridgehead atoms. The number of aryl methyl sites for hydroxylation is 2. The average molecular weight is 287 g/mol. The Balaban J connectivity index is 2.30. The van der Waals surface area contributed by atoms with E-state index in [0.717, 1.165) is 0 Å². The maximum atomic E-state index is 10.9. The van der Waals surface area contributed by atoms with Crippen LogP contribution < -0.4 is 4.74 Å². The number of benzene rings is 2. The van der Waals surface area contributed by atoms with Crippen molar-refractivity contribution in [2.45, 2.75) is 13.8 Å². The molecule has 2 aromatic carbocycles. The predicted molar refractivity (Wildman–Crippen MR) is 76.0 cm³/mol. The summed E-state index contributed by atoms with van der Waals surface area (Å²) in [5.74, 6) is -0.0000977. The van der Waals surface area contributed by atoms with Crippen LogP contribution in [0, 0.1) is 24.0 Å². The van der Waals surface area contributed by atoms with Crippen molar-refractivity contribution in [1.82, 2.24) is 0 Å². The number of carboxylic acids is 1. The minimum absolute atomic E-state index is 0.00204. The highest BCUT2D eigenvalue weighted by atomic mass is 16.6. The van der Waals surface area contributed by atoms with E-state index in [9.17, 15) is 14.9 Å². The largest absolute Gasteiger partial charge is 0.478 e. The monoisotopic (exact) mass is 287 g/mol. The molecule has 108 valence electrons. The Morgan fingerprint density at radius 3 is 2.14 bits per heavy atom. The maximum Gasteiger partial charge on any atom is 0.335 e. The normalized spacial score (nSPS) is 10.2. The topological polar surface area (TPSA) is 89.7 Å². The van der Waals surface area contributed by atoms with Crippen LogP contribution in [0.3, 0.4) is 0 Å². The van der Waals surface area contributed by atoms with Gasteiger partial charge in [0.05, 0.1) is 10.5 Å². The molecule has 0 saturated carbocycles. The van der Waals surface area contributed by atoms with E-state index in [4.69, 9.17) is 9.84 Å². The second kappa shape index (κ2) is 5.62. The van der Waals surface area contributed by atoms with E-state index < -0.39 is 10.9 Å². The third-order valence-electron chi connectivity index (χ3n) is 3.01. The van der Waals surface area contributed by atoms with Crippen LogP contribution in [0.1, 0.15) is 21.5 Å². The number of aromatic carboxylic acids is 1. The van der Waals surface area contributed by atoms with Gasteiger partial charge < -0.3 is 9.84 Å². The van der Waals surface area contributed by atoms with Gasteiger partial charge >= 0.3 is 5.97 Å². The smallest absolute Gasteiger partial charge is 0.335 e. The van der Waals surface area contributed by atoms with Crippen LogP contribution in [0.2, 0.25) is 0 Å². The zero-order valence-corrected chi connectivity index (χ0v) is 11.5. The maximum absolute atomic E-state index is 10.9. The van der Waals surface area contributed by atoms with Crippen LogP contribution in [0.15, 0.2) is 36.4 Å². The highest BCUT2D eigenvalue weighted by Gasteiger charge is 2.11. The lowest BCUT2D eigenvalue weighted by atomic mass is 10.1. The first-order valence-electron chi connectivity index (χ1n) is 6.15. The number of rotatable bonds is 4. The van der Waals surface area contributed by atoms with Crippen molar-refractivity contribution in [3.8, 4) is 11.5 Å². The number of carboxylic acid groups (broad SMARTS) is 1. The molecule has 0 atom stereocenters. The summed E-state index contributed by atoms with van der Waals surface area (Å²) in [4.78, 5) is 21.1. The van der Waals surface area contributed by atoms with Crippen LogP contribution >= 0.6 is 0 Å². The van der Waals surface area contributed by atoms with E-state index in [1.165, 1.54) is 30.3 Å². The average Bonchev–Trinajstić information content (AvgIpc) is 2.42. The van der Waals surface area contributed by atoms with E-state index in [2.05, 4.69) is 0 Å². The summed E-state index contributed by atoms with van der Waals surface area (Å²) in [5, 5.41) is 19.6. The zero-order valence-electron chi connectivity index (χ0n) is 11.5. The predicted octanol–water partition coefficient (Wildman–Crippen LogP) is 3.70. The van der Waals surface area contributed by atoms with Gasteiger partial charge in [-0.2, -0.15) is 0 Å². The molecule has 6 nitrogen and oxygen atoms in total. The van der Waals surface area contributed by atoms with Crippen molar-refractivity contribution < 1.29 is 19.6 Å². The van der Waals surface area contributed by atoms with Gasteiger partial charge in [0.1, 0.15) is 11.5 Å². The molecule has 0 aromatic heterocycles. The number of hydrogen-bond donors (Lipinski definition) is 1. The summed E-state index contributed by atoms with van der Waals surface area (Å²) in [5.41, 5.74) is 1.48. The fourth-order valence-electron chi connectivity index (χ4n) is 1.88. The highest BCUT2D eigenvalue weighted by molar-refractivity contribution is 5.88. The van der Waals surface area contributed by atoms with Gasteiger partial charge in [-0.3, -0.25) is 10.1 Å². The van der Waals surface area contributed by atoms with Crippen LogP contribution in [0.5, 0.6) is 11.5 Å². The van der Waals surface area contributed by atoms with Gasteiger partial charge in [0.15, 0.2) is 0 Å². The summed E-state index contributed by atoms with van der Waals surface area (Å²) < 4.78 is 5.69. The molecule has 0 heterocycles. The fraction of sp³-hybridized carbons (Fsp3) is 0.133. The van der Waals surface area contributed by atoms with Crippen LogP contribution in [-0.4, -0.2) is 16.0 Å². The van der Waals surface area contributed by atoms with Crippen molar-refractivity contribution in [2.75, 3.05) is 0 Å². The standard InChI is InChI=1S/C15H13NO5/c1-9-7-11(15(17)18)3-5-13(9)21-14-6-4-12(16(19)20)8-10(14)2/h3-8H,1-2H3,(H,17,18). The Bertz CT molecular complexity index is 662. The first-order valence-corrected chi connectivity index (χ1v) is 6.15. The highest BCUT2D eigenvalue weighted by Crippen LogP contribution is 2.30. The molecule has 0 spiro atoms. The third kappa shape index (κ3) is 3.17. The first-order chi connectivity index (χ1) is 9.88. The molecular formula is C15H13NO5. The quantitative estimate of drug-likeness (QED) is 0.684. The Morgan fingerprint density at radius 2 is 1.67 bits per heavy atom. The molecule has 0 unspecified atom stereocenters. The third-order valence-corrected chi connectivity index (χ3v) is 3.01. The SMILES string of the molecule is Cc1cc(C(=O)O)ccc1Oc1ccc([N+](=O)[O-])cc1C. The van der Waals surface area contributed by atoms with Crippen molar-refractivity contribution in [1.29, 1.82) is 0 Å². The Kier molecular flexibility index (Phi) is 3.89. The molecule has 0 saturated heterocycles. The van der Waals surface area contributed by atoms with E-state index in [0.29, 0.717) is 22.6 Å². The summed E-state index contributed by atoms with van der Waals surface area (Å²) in [6.07, 6.45) is 0. The van der Waals surface area contributed by atoms with Gasteiger partial charge in [-0.15, -0.1) is 0 Å². The van der Waals surface area contributed by atoms with Crippen LogP contribution in [0.4, 0.5) is 5.69 Å². The lowest BCUT2D eigenvalue weighted by Crippen LogP contribution is -1.98. The fourth-order valence-corrected chi connectivity index (χ4v) is 1.88. The summed E-state index contributed by atoms with van der Waals surface area (Å²) >= 11 is 0. The van der Waals surface area contributed by atoms with Crippen LogP contribution in [-0.2, 0) is 0 Å². The number of carbonyl (C=O) groups is 1.